The van der Waals surface area contributed by atoms with Gasteiger partial charge >= 0.3 is 0 Å². The minimum Gasteiger partial charge on any atom is -0.312 e. The molecule has 1 heterocycles. The molecule has 1 fully saturated rings. The van der Waals surface area contributed by atoms with Gasteiger partial charge in [0.05, 0.1) is 0 Å². The van der Waals surface area contributed by atoms with Crippen LogP contribution in [0.5, 0.6) is 0 Å². The van der Waals surface area contributed by atoms with Gasteiger partial charge in [-0.25, -0.2) is 0 Å². The molecule has 0 atom stereocenters. The largest absolute Gasteiger partial charge is 0.312 e. The summed E-state index contributed by atoms with van der Waals surface area (Å²) in [5, 5.41) is 4.98. The van der Waals surface area contributed by atoms with Crippen molar-refractivity contribution in [3.8, 4) is 0 Å². The highest BCUT2D eigenvalue weighted by Gasteiger charge is 2.13. The second-order valence-corrected chi connectivity index (χ2v) is 6.43. The number of thioether (sulfide) groups is 1. The van der Waals surface area contributed by atoms with Crippen LogP contribution in [0.3, 0.4) is 0 Å². The van der Waals surface area contributed by atoms with Crippen LogP contribution in [0.25, 0.3) is 0 Å². The smallest absolute Gasteiger partial charge is 0.0465 e. The maximum atomic E-state index is 6.12. The molecule has 0 radical (unpaired) electrons. The van der Waals surface area contributed by atoms with E-state index in [2.05, 4.69) is 17.1 Å². The van der Waals surface area contributed by atoms with E-state index in [9.17, 15) is 0 Å². The molecule has 94 valence electrons. The van der Waals surface area contributed by atoms with E-state index in [-0.39, 0.29) is 0 Å². The molecule has 17 heavy (non-hydrogen) atoms. The van der Waals surface area contributed by atoms with Crippen molar-refractivity contribution in [3.63, 3.8) is 0 Å². The third kappa shape index (κ3) is 4.06. The lowest BCUT2D eigenvalue weighted by Gasteiger charge is -2.21. The lowest BCUT2D eigenvalue weighted by atomic mass is 10.0. The first-order valence-electron chi connectivity index (χ1n) is 5.98. The van der Waals surface area contributed by atoms with E-state index in [0.717, 1.165) is 34.6 Å². The molecule has 1 saturated heterocycles. The quantitative estimate of drug-likeness (QED) is 0.890. The Morgan fingerprint density at radius 1 is 1.18 bits per heavy atom. The first kappa shape index (κ1) is 13.5. The number of rotatable bonds is 4. The molecular weight excluding hydrogens is 273 g/mol. The topological polar surface area (TPSA) is 12.0 Å². The van der Waals surface area contributed by atoms with Crippen molar-refractivity contribution in [2.75, 3.05) is 18.1 Å². The molecule has 0 saturated carbocycles. The minimum absolute atomic E-state index is 0.754. The molecule has 0 amide bonds. The van der Waals surface area contributed by atoms with Crippen LogP contribution >= 0.6 is 35.0 Å². The summed E-state index contributed by atoms with van der Waals surface area (Å²) in [6.45, 7) is 1.84. The van der Waals surface area contributed by atoms with Crippen molar-refractivity contribution < 1.29 is 0 Å². The minimum atomic E-state index is 0.754. The molecule has 0 aliphatic carbocycles. The number of halogens is 2. The van der Waals surface area contributed by atoms with Gasteiger partial charge in [-0.2, -0.15) is 11.8 Å². The van der Waals surface area contributed by atoms with E-state index in [4.69, 9.17) is 23.2 Å². The Labute approximate surface area is 117 Å². The second kappa shape index (κ2) is 6.89. The molecule has 1 aliphatic rings. The average Bonchev–Trinajstić information content (AvgIpc) is 2.34. The molecular formula is C13H17Cl2NS. The average molecular weight is 290 g/mol. The van der Waals surface area contributed by atoms with Gasteiger partial charge < -0.3 is 5.32 Å². The lowest BCUT2D eigenvalue weighted by molar-refractivity contribution is 0.448. The van der Waals surface area contributed by atoms with Crippen LogP contribution in [-0.4, -0.2) is 18.1 Å². The number of nitrogens with one attached hydrogen (secondary N) is 1. The summed E-state index contributed by atoms with van der Waals surface area (Å²) in [5.74, 6) is 3.43. The summed E-state index contributed by atoms with van der Waals surface area (Å²) >= 11 is 14.3. The summed E-state index contributed by atoms with van der Waals surface area (Å²) < 4.78 is 0. The first-order chi connectivity index (χ1) is 8.27. The summed E-state index contributed by atoms with van der Waals surface area (Å²) in [5.41, 5.74) is 1.01. The van der Waals surface area contributed by atoms with Crippen molar-refractivity contribution in [2.45, 2.75) is 19.4 Å². The Morgan fingerprint density at radius 2 is 1.82 bits per heavy atom. The number of hydrogen-bond donors (Lipinski definition) is 1. The summed E-state index contributed by atoms with van der Waals surface area (Å²) in [6, 6.07) is 5.66. The zero-order valence-electron chi connectivity index (χ0n) is 9.72. The van der Waals surface area contributed by atoms with Gasteiger partial charge in [-0.05, 0) is 48.9 Å². The Bertz CT molecular complexity index is 344. The molecule has 0 unspecified atom stereocenters. The Balaban J connectivity index is 1.81. The van der Waals surface area contributed by atoms with Gasteiger partial charge in [0.15, 0.2) is 0 Å². The molecule has 1 aromatic rings. The van der Waals surface area contributed by atoms with Gasteiger partial charge in [0.1, 0.15) is 0 Å². The fourth-order valence-electron chi connectivity index (χ4n) is 2.05. The first-order valence-corrected chi connectivity index (χ1v) is 7.90. The molecule has 0 bridgehead atoms. The molecule has 0 spiro atoms. The molecule has 2 rings (SSSR count). The van der Waals surface area contributed by atoms with Crippen LogP contribution in [-0.2, 0) is 6.54 Å². The van der Waals surface area contributed by atoms with Gasteiger partial charge in [0, 0.05) is 22.2 Å². The van der Waals surface area contributed by atoms with Crippen LogP contribution < -0.4 is 5.32 Å². The predicted octanol–water partition coefficient (Wildman–Crippen LogP) is 4.23. The van der Waals surface area contributed by atoms with Gasteiger partial charge in [0.2, 0.25) is 0 Å². The van der Waals surface area contributed by atoms with E-state index in [1.165, 1.54) is 24.3 Å². The van der Waals surface area contributed by atoms with Gasteiger partial charge in [-0.3, -0.25) is 0 Å². The third-order valence-corrected chi connectivity index (χ3v) is 4.89. The standard InChI is InChI=1S/C13H17Cl2NS/c14-12-2-1-3-13(15)11(12)9-16-8-10-4-6-17-7-5-10/h1-3,10,16H,4-9H2. The van der Waals surface area contributed by atoms with Crippen LogP contribution in [0.15, 0.2) is 18.2 Å². The molecule has 1 aliphatic heterocycles. The van der Waals surface area contributed by atoms with Crippen molar-refractivity contribution in [2.24, 2.45) is 5.92 Å². The summed E-state index contributed by atoms with van der Waals surface area (Å²) in [6.07, 6.45) is 2.65. The SMILES string of the molecule is Clc1cccc(Cl)c1CNCC1CCSCC1. The molecule has 1 N–H and O–H groups in total. The van der Waals surface area contributed by atoms with Gasteiger partial charge in [-0.1, -0.05) is 29.3 Å². The Morgan fingerprint density at radius 3 is 2.47 bits per heavy atom. The zero-order chi connectivity index (χ0) is 12.1. The molecule has 0 aromatic heterocycles. The number of hydrogen-bond acceptors (Lipinski definition) is 2. The fraction of sp³-hybridized carbons (Fsp3) is 0.538. The molecule has 4 heteroatoms. The van der Waals surface area contributed by atoms with Crippen molar-refractivity contribution >= 4 is 35.0 Å². The zero-order valence-corrected chi connectivity index (χ0v) is 12.0. The third-order valence-electron chi connectivity index (χ3n) is 3.14. The van der Waals surface area contributed by atoms with E-state index in [1.807, 2.05) is 18.2 Å². The maximum Gasteiger partial charge on any atom is 0.0465 e. The molecule has 1 nitrogen and oxygen atoms in total. The monoisotopic (exact) mass is 289 g/mol. The normalized spacial score (nSPS) is 17.3. The van der Waals surface area contributed by atoms with E-state index in [0.29, 0.717) is 0 Å². The fourth-order valence-corrected chi connectivity index (χ4v) is 3.79. The number of benzene rings is 1. The van der Waals surface area contributed by atoms with Crippen molar-refractivity contribution in [1.29, 1.82) is 0 Å². The highest BCUT2D eigenvalue weighted by molar-refractivity contribution is 7.99. The van der Waals surface area contributed by atoms with Crippen LogP contribution in [0.2, 0.25) is 10.0 Å². The highest BCUT2D eigenvalue weighted by atomic mass is 35.5. The lowest BCUT2D eigenvalue weighted by Crippen LogP contribution is -2.25. The Hall–Kier alpha value is 0.110. The summed E-state index contributed by atoms with van der Waals surface area (Å²) in [7, 11) is 0. The second-order valence-electron chi connectivity index (χ2n) is 4.39. The van der Waals surface area contributed by atoms with Gasteiger partial charge in [-0.15, -0.1) is 0 Å². The van der Waals surface area contributed by atoms with Crippen LogP contribution in [0, 0.1) is 5.92 Å². The van der Waals surface area contributed by atoms with E-state index < -0.39 is 0 Å². The molecule has 1 aromatic carbocycles. The van der Waals surface area contributed by atoms with Crippen LogP contribution in [0.4, 0.5) is 0 Å². The predicted molar refractivity (Wildman–Crippen MR) is 78.2 cm³/mol. The highest BCUT2D eigenvalue weighted by Crippen LogP contribution is 2.25. The van der Waals surface area contributed by atoms with E-state index in [1.54, 1.807) is 0 Å². The van der Waals surface area contributed by atoms with Crippen molar-refractivity contribution in [3.05, 3.63) is 33.8 Å². The summed E-state index contributed by atoms with van der Waals surface area (Å²) in [4.78, 5) is 0. The van der Waals surface area contributed by atoms with Crippen molar-refractivity contribution in [1.82, 2.24) is 5.32 Å². The van der Waals surface area contributed by atoms with Crippen LogP contribution in [0.1, 0.15) is 18.4 Å². The van der Waals surface area contributed by atoms with Gasteiger partial charge in [0.25, 0.3) is 0 Å². The Kier molecular flexibility index (Phi) is 5.49. The van der Waals surface area contributed by atoms with E-state index >= 15 is 0 Å². The maximum absolute atomic E-state index is 6.12.